The van der Waals surface area contributed by atoms with Crippen LogP contribution in [0.3, 0.4) is 0 Å². The van der Waals surface area contributed by atoms with Crippen LogP contribution in [0.15, 0.2) is 0 Å². The van der Waals surface area contributed by atoms with Gasteiger partial charge in [0.2, 0.25) is 8.53 Å². The number of hydrogen-bond donors (Lipinski definition) is 4. The number of nitrogens with two attached hydrogens (primary N) is 1. The standard InChI is InChI=1S/C4H9N.H4NO2P/c1-2-4-5-3-1;1-4(2)3/h5H,1-4H2;2-3H,1H2. The third-order valence-corrected chi connectivity index (χ3v) is 0.957. The molecule has 0 radical (unpaired) electrons. The van der Waals surface area contributed by atoms with E-state index >= 15 is 0 Å². The van der Waals surface area contributed by atoms with Gasteiger partial charge in [-0.15, -0.1) is 0 Å². The highest BCUT2D eigenvalue weighted by Crippen LogP contribution is 2.05. The highest BCUT2D eigenvalue weighted by Gasteiger charge is 1.93. The van der Waals surface area contributed by atoms with Crippen LogP contribution in [0.1, 0.15) is 12.8 Å². The van der Waals surface area contributed by atoms with Crippen LogP contribution in [-0.2, 0) is 0 Å². The molecule has 0 saturated carbocycles. The van der Waals surface area contributed by atoms with Gasteiger partial charge in [-0.3, -0.25) is 5.50 Å². The number of hydrogen-bond acceptors (Lipinski definition) is 4. The van der Waals surface area contributed by atoms with Gasteiger partial charge >= 0.3 is 0 Å². The van der Waals surface area contributed by atoms with Crippen molar-refractivity contribution in [2.45, 2.75) is 12.8 Å². The topological polar surface area (TPSA) is 78.5 Å². The molecule has 1 aliphatic heterocycles. The van der Waals surface area contributed by atoms with Crippen molar-refractivity contribution >= 4 is 8.53 Å². The van der Waals surface area contributed by atoms with Crippen molar-refractivity contribution in [3.05, 3.63) is 0 Å². The molecule has 0 aromatic heterocycles. The van der Waals surface area contributed by atoms with Gasteiger partial charge in [-0.25, -0.2) is 0 Å². The van der Waals surface area contributed by atoms with Crippen molar-refractivity contribution < 1.29 is 9.79 Å². The molecule has 0 amide bonds. The number of nitrogens with one attached hydrogen (secondary N) is 1. The van der Waals surface area contributed by atoms with Crippen LogP contribution in [0.5, 0.6) is 0 Å². The van der Waals surface area contributed by atoms with Crippen LogP contribution >= 0.6 is 8.53 Å². The molecule has 4 nitrogen and oxygen atoms in total. The van der Waals surface area contributed by atoms with E-state index in [1.54, 1.807) is 0 Å². The Balaban J connectivity index is 0.000000148. The zero-order valence-corrected chi connectivity index (χ0v) is 6.14. The fourth-order valence-corrected chi connectivity index (χ4v) is 0.625. The van der Waals surface area contributed by atoms with Crippen LogP contribution in [0, 0.1) is 0 Å². The molecule has 5 heteroatoms. The van der Waals surface area contributed by atoms with Gasteiger partial charge < -0.3 is 15.1 Å². The second kappa shape index (κ2) is 6.39. The van der Waals surface area contributed by atoms with E-state index < -0.39 is 8.53 Å². The van der Waals surface area contributed by atoms with Gasteiger partial charge in [-0.2, -0.15) is 0 Å². The maximum Gasteiger partial charge on any atom is 0.247 e. The molecule has 0 aromatic rings. The lowest BCUT2D eigenvalue weighted by Crippen LogP contribution is -2.03. The van der Waals surface area contributed by atoms with Gasteiger partial charge in [0.15, 0.2) is 0 Å². The fourth-order valence-electron chi connectivity index (χ4n) is 0.625. The summed E-state index contributed by atoms with van der Waals surface area (Å²) < 4.78 is 0. The highest BCUT2D eigenvalue weighted by atomic mass is 31.2. The van der Waals surface area contributed by atoms with Gasteiger partial charge in [-0.1, -0.05) is 0 Å². The zero-order valence-electron chi connectivity index (χ0n) is 5.25. The Morgan fingerprint density at radius 2 is 1.56 bits per heavy atom. The number of rotatable bonds is 0. The summed E-state index contributed by atoms with van der Waals surface area (Å²) >= 11 is 0. The summed E-state index contributed by atoms with van der Waals surface area (Å²) in [4.78, 5) is 14.9. The van der Waals surface area contributed by atoms with Crippen LogP contribution in [0.2, 0.25) is 0 Å². The second-order valence-corrected chi connectivity index (χ2v) is 2.42. The largest absolute Gasteiger partial charge is 0.338 e. The van der Waals surface area contributed by atoms with Crippen LogP contribution < -0.4 is 10.8 Å². The lowest BCUT2D eigenvalue weighted by atomic mass is 10.4. The molecule has 0 atom stereocenters. The van der Waals surface area contributed by atoms with E-state index in [0.29, 0.717) is 0 Å². The van der Waals surface area contributed by atoms with E-state index in [4.69, 9.17) is 9.79 Å². The van der Waals surface area contributed by atoms with E-state index in [2.05, 4.69) is 10.8 Å². The predicted molar refractivity (Wildman–Crippen MR) is 37.6 cm³/mol. The first kappa shape index (κ1) is 9.27. The minimum absolute atomic E-state index is 1.25. The van der Waals surface area contributed by atoms with Crippen molar-refractivity contribution in [2.24, 2.45) is 5.50 Å². The summed E-state index contributed by atoms with van der Waals surface area (Å²) in [6.45, 7) is 2.50. The Morgan fingerprint density at radius 1 is 1.22 bits per heavy atom. The van der Waals surface area contributed by atoms with E-state index in [9.17, 15) is 0 Å². The van der Waals surface area contributed by atoms with E-state index in [0.717, 1.165) is 0 Å². The zero-order chi connectivity index (χ0) is 7.11. The van der Waals surface area contributed by atoms with Crippen molar-refractivity contribution in [3.8, 4) is 0 Å². The molecule has 9 heavy (non-hydrogen) atoms. The van der Waals surface area contributed by atoms with Crippen LogP contribution in [0.25, 0.3) is 0 Å². The molecule has 0 spiro atoms. The third kappa shape index (κ3) is 11.7. The van der Waals surface area contributed by atoms with Gasteiger partial charge in [0, 0.05) is 0 Å². The molecule has 5 N–H and O–H groups in total. The second-order valence-electron chi connectivity index (χ2n) is 1.78. The van der Waals surface area contributed by atoms with Gasteiger partial charge in [0.1, 0.15) is 0 Å². The summed E-state index contributed by atoms with van der Waals surface area (Å²) in [5.41, 5.74) is 4.29. The molecular weight excluding hydrogens is 139 g/mol. The van der Waals surface area contributed by atoms with E-state index in [1.807, 2.05) is 0 Å². The highest BCUT2D eigenvalue weighted by molar-refractivity contribution is 7.42. The van der Waals surface area contributed by atoms with E-state index in [-0.39, 0.29) is 0 Å². The lowest BCUT2D eigenvalue weighted by Gasteiger charge is -1.79. The molecule has 0 unspecified atom stereocenters. The average molecular weight is 152 g/mol. The molecule has 1 fully saturated rings. The first-order valence-electron chi connectivity index (χ1n) is 2.87. The summed E-state index contributed by atoms with van der Waals surface area (Å²) in [6, 6.07) is 0. The molecule has 0 aliphatic carbocycles. The Morgan fingerprint density at radius 3 is 1.67 bits per heavy atom. The quantitative estimate of drug-likeness (QED) is 0.354. The first-order valence-corrected chi connectivity index (χ1v) is 4.18. The molecule has 1 aliphatic rings. The summed E-state index contributed by atoms with van der Waals surface area (Å²) in [7, 11) is -2.12. The summed E-state index contributed by atoms with van der Waals surface area (Å²) in [5, 5.41) is 3.22. The molecular formula is C4H13N2O2P. The third-order valence-electron chi connectivity index (χ3n) is 0.957. The minimum atomic E-state index is -2.12. The maximum atomic E-state index is 7.45. The fraction of sp³-hybridized carbons (Fsp3) is 1.00. The van der Waals surface area contributed by atoms with Gasteiger partial charge in [0.25, 0.3) is 0 Å². The minimum Gasteiger partial charge on any atom is -0.338 e. The molecule has 0 aromatic carbocycles. The lowest BCUT2D eigenvalue weighted by molar-refractivity contribution is 0.485. The SMILES string of the molecule is C1CCNC1.NP(O)O. The normalized spacial score (nSPS) is 17.3. The Kier molecular flexibility index (Phi) is 6.58. The van der Waals surface area contributed by atoms with E-state index in [1.165, 1.54) is 25.9 Å². The average Bonchev–Trinajstić information content (AvgIpc) is 2.11. The predicted octanol–water partition coefficient (Wildman–Crippen LogP) is -0.474. The monoisotopic (exact) mass is 152 g/mol. The van der Waals surface area contributed by atoms with Crippen molar-refractivity contribution in [3.63, 3.8) is 0 Å². The van der Waals surface area contributed by atoms with Crippen LogP contribution in [0.4, 0.5) is 0 Å². The molecule has 56 valence electrons. The van der Waals surface area contributed by atoms with Gasteiger partial charge in [0.05, 0.1) is 0 Å². The first-order chi connectivity index (χ1) is 4.23. The Bertz CT molecular complexity index is 48.2. The van der Waals surface area contributed by atoms with Crippen LogP contribution in [-0.4, -0.2) is 22.9 Å². The molecule has 1 rings (SSSR count). The molecule has 0 bridgehead atoms. The molecule has 1 heterocycles. The van der Waals surface area contributed by atoms with Gasteiger partial charge in [-0.05, 0) is 25.9 Å². The Hall–Kier alpha value is 0.270. The van der Waals surface area contributed by atoms with Crippen molar-refractivity contribution in [1.29, 1.82) is 0 Å². The smallest absolute Gasteiger partial charge is 0.247 e. The molecule has 1 saturated heterocycles. The van der Waals surface area contributed by atoms with Crippen molar-refractivity contribution in [2.75, 3.05) is 13.1 Å². The summed E-state index contributed by atoms with van der Waals surface area (Å²) in [5.74, 6) is 0. The Labute approximate surface area is 56.0 Å². The maximum absolute atomic E-state index is 7.45. The van der Waals surface area contributed by atoms with Crippen molar-refractivity contribution in [1.82, 2.24) is 5.32 Å². The summed E-state index contributed by atoms with van der Waals surface area (Å²) in [6.07, 6.45) is 2.78.